The standard InChI is InChI=1S/C18H26N2O4S.ClH/c1-25(23,24)14-7-5-13(6-8-14)18(9-3-2-4-10-18)17(22)20-15-11-19-12-16(15)21;/h5-8,15-16,19,21H,2-4,9-12H2,1H3,(H,20,22);1H/t15-,16-;/m1./s1. The van der Waals surface area contributed by atoms with Crippen molar-refractivity contribution in [1.82, 2.24) is 10.6 Å². The van der Waals surface area contributed by atoms with Gasteiger partial charge in [0.1, 0.15) is 0 Å². The molecule has 3 rings (SSSR count). The summed E-state index contributed by atoms with van der Waals surface area (Å²) in [6.07, 6.45) is 5.13. The first-order chi connectivity index (χ1) is 11.8. The second-order valence-corrected chi connectivity index (χ2v) is 9.26. The van der Waals surface area contributed by atoms with Crippen LogP contribution in [0.15, 0.2) is 29.2 Å². The Bertz CT molecular complexity index is 730. The van der Waals surface area contributed by atoms with Crippen LogP contribution in [0.3, 0.4) is 0 Å². The molecule has 1 saturated heterocycles. The molecule has 1 heterocycles. The molecule has 2 atom stereocenters. The quantitative estimate of drug-likeness (QED) is 0.702. The van der Waals surface area contributed by atoms with Crippen LogP contribution in [0, 0.1) is 0 Å². The number of aliphatic hydroxyl groups excluding tert-OH is 1. The lowest BCUT2D eigenvalue weighted by atomic mass is 9.68. The molecule has 146 valence electrons. The normalized spacial score (nSPS) is 25.3. The number of nitrogens with one attached hydrogen (secondary N) is 2. The van der Waals surface area contributed by atoms with E-state index in [1.807, 2.05) is 0 Å². The largest absolute Gasteiger partial charge is 0.390 e. The van der Waals surface area contributed by atoms with Gasteiger partial charge in [0.05, 0.1) is 22.5 Å². The van der Waals surface area contributed by atoms with Gasteiger partial charge in [0, 0.05) is 19.3 Å². The van der Waals surface area contributed by atoms with Crippen LogP contribution in [0.5, 0.6) is 0 Å². The number of halogens is 1. The minimum Gasteiger partial charge on any atom is -0.390 e. The van der Waals surface area contributed by atoms with Gasteiger partial charge in [-0.2, -0.15) is 0 Å². The summed E-state index contributed by atoms with van der Waals surface area (Å²) in [6.45, 7) is 1.05. The fourth-order valence-electron chi connectivity index (χ4n) is 3.94. The summed E-state index contributed by atoms with van der Waals surface area (Å²) in [7, 11) is -3.26. The molecular formula is C18H27ClN2O4S. The summed E-state index contributed by atoms with van der Waals surface area (Å²) in [6, 6.07) is 6.43. The second kappa shape index (κ2) is 8.25. The summed E-state index contributed by atoms with van der Waals surface area (Å²) in [4.78, 5) is 13.4. The molecule has 0 bridgehead atoms. The lowest BCUT2D eigenvalue weighted by molar-refractivity contribution is -0.129. The third-order valence-electron chi connectivity index (χ3n) is 5.48. The maximum Gasteiger partial charge on any atom is 0.231 e. The molecule has 1 aromatic rings. The van der Waals surface area contributed by atoms with Gasteiger partial charge in [-0.3, -0.25) is 4.79 Å². The molecular weight excluding hydrogens is 376 g/mol. The zero-order chi connectivity index (χ0) is 18.1. The highest BCUT2D eigenvalue weighted by molar-refractivity contribution is 7.90. The fraction of sp³-hybridized carbons (Fsp3) is 0.611. The topological polar surface area (TPSA) is 95.5 Å². The number of carbonyl (C=O) groups is 1. The molecule has 0 aromatic heterocycles. The molecule has 0 spiro atoms. The Morgan fingerprint density at radius 1 is 1.15 bits per heavy atom. The molecule has 3 N–H and O–H groups in total. The number of sulfone groups is 1. The number of aliphatic hydroxyl groups is 1. The monoisotopic (exact) mass is 402 g/mol. The van der Waals surface area contributed by atoms with E-state index in [4.69, 9.17) is 0 Å². The van der Waals surface area contributed by atoms with E-state index in [1.54, 1.807) is 24.3 Å². The van der Waals surface area contributed by atoms with Crippen molar-refractivity contribution in [1.29, 1.82) is 0 Å². The highest BCUT2D eigenvalue weighted by Crippen LogP contribution is 2.40. The Labute approximate surface area is 161 Å². The Balaban J connectivity index is 0.00000243. The lowest BCUT2D eigenvalue weighted by Gasteiger charge is -2.37. The Morgan fingerprint density at radius 3 is 2.27 bits per heavy atom. The number of benzene rings is 1. The van der Waals surface area contributed by atoms with Crippen molar-refractivity contribution in [3.8, 4) is 0 Å². The molecule has 2 aliphatic rings. The summed E-state index contributed by atoms with van der Waals surface area (Å²) in [5.41, 5.74) is 0.217. The van der Waals surface area contributed by atoms with Crippen LogP contribution in [0.4, 0.5) is 0 Å². The Hall–Kier alpha value is -1.15. The molecule has 1 aliphatic heterocycles. The molecule has 0 radical (unpaired) electrons. The van der Waals surface area contributed by atoms with E-state index in [9.17, 15) is 18.3 Å². The first-order valence-electron chi connectivity index (χ1n) is 8.83. The van der Waals surface area contributed by atoms with Gasteiger partial charge in [-0.1, -0.05) is 31.4 Å². The zero-order valence-corrected chi connectivity index (χ0v) is 16.5. The summed E-state index contributed by atoms with van der Waals surface area (Å²) in [5.74, 6) is -0.0629. The van der Waals surface area contributed by atoms with E-state index in [2.05, 4.69) is 10.6 Å². The highest BCUT2D eigenvalue weighted by atomic mass is 35.5. The van der Waals surface area contributed by atoms with Crippen LogP contribution >= 0.6 is 12.4 Å². The Morgan fingerprint density at radius 2 is 1.77 bits per heavy atom. The molecule has 2 fully saturated rings. The predicted molar refractivity (Wildman–Crippen MR) is 102 cm³/mol. The van der Waals surface area contributed by atoms with Crippen molar-refractivity contribution in [3.05, 3.63) is 29.8 Å². The smallest absolute Gasteiger partial charge is 0.231 e. The van der Waals surface area contributed by atoms with Gasteiger partial charge >= 0.3 is 0 Å². The van der Waals surface area contributed by atoms with E-state index in [1.165, 1.54) is 6.26 Å². The fourth-order valence-corrected chi connectivity index (χ4v) is 4.57. The minimum atomic E-state index is -3.26. The van der Waals surface area contributed by atoms with Gasteiger partial charge in [0.25, 0.3) is 0 Å². The third-order valence-corrected chi connectivity index (χ3v) is 6.60. The third kappa shape index (κ3) is 4.22. The van der Waals surface area contributed by atoms with E-state index < -0.39 is 21.4 Å². The molecule has 1 saturated carbocycles. The van der Waals surface area contributed by atoms with Crippen LogP contribution in [0.1, 0.15) is 37.7 Å². The van der Waals surface area contributed by atoms with Gasteiger partial charge in [-0.15, -0.1) is 12.4 Å². The van der Waals surface area contributed by atoms with E-state index in [0.29, 0.717) is 13.1 Å². The van der Waals surface area contributed by atoms with Crippen LogP contribution in [-0.2, 0) is 20.0 Å². The molecule has 1 amide bonds. The molecule has 8 heteroatoms. The van der Waals surface area contributed by atoms with Gasteiger partial charge in [0.2, 0.25) is 5.91 Å². The van der Waals surface area contributed by atoms with E-state index >= 15 is 0 Å². The number of amides is 1. The number of hydrogen-bond acceptors (Lipinski definition) is 5. The summed E-state index contributed by atoms with van der Waals surface area (Å²) < 4.78 is 23.4. The van der Waals surface area contributed by atoms with Crippen LogP contribution in [0.25, 0.3) is 0 Å². The predicted octanol–water partition coefficient (Wildman–Crippen LogP) is 1.16. The van der Waals surface area contributed by atoms with Crippen LogP contribution in [0.2, 0.25) is 0 Å². The van der Waals surface area contributed by atoms with Crippen molar-refractivity contribution >= 4 is 28.2 Å². The minimum absolute atomic E-state index is 0. The van der Waals surface area contributed by atoms with Gasteiger partial charge < -0.3 is 15.7 Å². The maximum absolute atomic E-state index is 13.1. The van der Waals surface area contributed by atoms with E-state index in [0.717, 1.165) is 37.7 Å². The second-order valence-electron chi connectivity index (χ2n) is 7.24. The number of β-amino-alcohol motifs (C(OH)–C–C–N with tert-alkyl or cyclic N) is 1. The lowest BCUT2D eigenvalue weighted by Crippen LogP contribution is -2.52. The van der Waals surface area contributed by atoms with Gasteiger partial charge in [0.15, 0.2) is 9.84 Å². The molecule has 1 aromatic carbocycles. The molecule has 6 nitrogen and oxygen atoms in total. The van der Waals surface area contributed by atoms with Crippen molar-refractivity contribution < 1.29 is 18.3 Å². The highest BCUT2D eigenvalue weighted by Gasteiger charge is 2.42. The number of hydrogen-bond donors (Lipinski definition) is 3. The van der Waals surface area contributed by atoms with Gasteiger partial charge in [-0.05, 0) is 30.5 Å². The van der Waals surface area contributed by atoms with Crippen molar-refractivity contribution in [2.75, 3.05) is 19.3 Å². The molecule has 1 aliphatic carbocycles. The van der Waals surface area contributed by atoms with Crippen LogP contribution in [-0.4, -0.2) is 50.9 Å². The Kier molecular flexibility index (Phi) is 6.71. The van der Waals surface area contributed by atoms with Gasteiger partial charge in [-0.25, -0.2) is 8.42 Å². The van der Waals surface area contributed by atoms with Crippen LogP contribution < -0.4 is 10.6 Å². The first-order valence-corrected chi connectivity index (χ1v) is 10.7. The number of rotatable bonds is 4. The zero-order valence-electron chi connectivity index (χ0n) is 14.9. The first kappa shape index (κ1) is 21.2. The SMILES string of the molecule is CS(=O)(=O)c1ccc(C2(C(=O)N[C@@H]3CNC[C@H]3O)CCCCC2)cc1.Cl. The number of carbonyl (C=O) groups excluding carboxylic acids is 1. The molecule has 0 unspecified atom stereocenters. The summed E-state index contributed by atoms with van der Waals surface area (Å²) >= 11 is 0. The maximum atomic E-state index is 13.1. The van der Waals surface area contributed by atoms with E-state index in [-0.39, 0.29) is 29.3 Å². The summed E-state index contributed by atoms with van der Waals surface area (Å²) in [5, 5.41) is 16.1. The van der Waals surface area contributed by atoms with Crippen molar-refractivity contribution in [2.24, 2.45) is 0 Å². The van der Waals surface area contributed by atoms with Crippen molar-refractivity contribution in [3.63, 3.8) is 0 Å². The average molecular weight is 403 g/mol. The molecule has 26 heavy (non-hydrogen) atoms. The average Bonchev–Trinajstić information content (AvgIpc) is 2.99. The van der Waals surface area contributed by atoms with Crippen molar-refractivity contribution in [2.45, 2.75) is 54.6 Å².